The Labute approximate surface area is 180 Å². The van der Waals surface area contributed by atoms with Crippen LogP contribution in [0.2, 0.25) is 0 Å². The summed E-state index contributed by atoms with van der Waals surface area (Å²) in [5.41, 5.74) is 4.52. The fraction of sp³-hybridized carbons (Fsp3) is 0.261. The zero-order valence-corrected chi connectivity index (χ0v) is 17.3. The maximum Gasteiger partial charge on any atom is 0.217 e. The molecule has 0 spiro atoms. The van der Waals surface area contributed by atoms with Crippen molar-refractivity contribution in [1.82, 2.24) is 29.9 Å². The Morgan fingerprint density at radius 3 is 2.68 bits per heavy atom. The highest BCUT2D eigenvalue weighted by atomic mass is 16.1. The van der Waals surface area contributed by atoms with Crippen molar-refractivity contribution < 1.29 is 4.79 Å². The standard InChI is InChI=1S/C23H23N7O/c1-16(31)27-19-7-11-29(12-8-19)23-13-17(6-10-25-23)21-15-26-22-5-4-20(28-30(21)22)18-3-2-9-24-14-18/h2-6,9-10,13-15,19H,7-8,11-12H2,1H3,(H,27,31). The number of aromatic nitrogens is 5. The van der Waals surface area contributed by atoms with Crippen molar-refractivity contribution in [1.29, 1.82) is 0 Å². The number of carbonyl (C=O) groups is 1. The Morgan fingerprint density at radius 1 is 1.03 bits per heavy atom. The molecule has 1 fully saturated rings. The van der Waals surface area contributed by atoms with Crippen LogP contribution in [0.5, 0.6) is 0 Å². The highest BCUT2D eigenvalue weighted by Crippen LogP contribution is 2.26. The van der Waals surface area contributed by atoms with Crippen molar-refractivity contribution in [3.8, 4) is 22.5 Å². The summed E-state index contributed by atoms with van der Waals surface area (Å²) in [5.74, 6) is 0.960. The molecule has 0 unspecified atom stereocenters. The first-order valence-corrected chi connectivity index (χ1v) is 10.4. The minimum Gasteiger partial charge on any atom is -0.356 e. The van der Waals surface area contributed by atoms with E-state index in [1.54, 1.807) is 19.3 Å². The van der Waals surface area contributed by atoms with Gasteiger partial charge in [0.1, 0.15) is 5.82 Å². The van der Waals surface area contributed by atoms with Crippen LogP contribution in [0.25, 0.3) is 28.2 Å². The summed E-state index contributed by atoms with van der Waals surface area (Å²) in [5, 5.41) is 7.82. The summed E-state index contributed by atoms with van der Waals surface area (Å²) < 4.78 is 1.87. The summed E-state index contributed by atoms with van der Waals surface area (Å²) in [4.78, 5) is 26.9. The predicted molar refractivity (Wildman–Crippen MR) is 119 cm³/mol. The Morgan fingerprint density at radius 2 is 1.90 bits per heavy atom. The Kier molecular flexibility index (Phi) is 5.03. The molecular formula is C23H23N7O. The van der Waals surface area contributed by atoms with Crippen LogP contribution < -0.4 is 10.2 Å². The molecule has 4 aromatic heterocycles. The van der Waals surface area contributed by atoms with E-state index >= 15 is 0 Å². The number of rotatable bonds is 4. The molecule has 1 amide bonds. The van der Waals surface area contributed by atoms with Gasteiger partial charge < -0.3 is 10.2 Å². The molecule has 8 nitrogen and oxygen atoms in total. The lowest BCUT2D eigenvalue weighted by atomic mass is 10.0. The summed E-state index contributed by atoms with van der Waals surface area (Å²) >= 11 is 0. The number of nitrogens with one attached hydrogen (secondary N) is 1. The first-order chi connectivity index (χ1) is 15.2. The third-order valence-corrected chi connectivity index (χ3v) is 5.59. The van der Waals surface area contributed by atoms with Crippen LogP contribution >= 0.6 is 0 Å². The van der Waals surface area contributed by atoms with Crippen LogP contribution in [-0.4, -0.2) is 49.6 Å². The predicted octanol–water partition coefficient (Wildman–Crippen LogP) is 2.96. The van der Waals surface area contributed by atoms with Crippen molar-refractivity contribution in [2.45, 2.75) is 25.8 Å². The van der Waals surface area contributed by atoms with Crippen LogP contribution in [0.15, 0.2) is 61.2 Å². The highest BCUT2D eigenvalue weighted by molar-refractivity contribution is 5.73. The molecule has 5 rings (SSSR count). The molecule has 1 aliphatic rings. The summed E-state index contributed by atoms with van der Waals surface area (Å²) in [6.07, 6.45) is 9.06. The van der Waals surface area contributed by atoms with E-state index in [0.717, 1.165) is 59.9 Å². The summed E-state index contributed by atoms with van der Waals surface area (Å²) in [6.45, 7) is 3.29. The van der Waals surface area contributed by atoms with Gasteiger partial charge in [0.2, 0.25) is 5.91 Å². The van der Waals surface area contributed by atoms with Gasteiger partial charge in [0, 0.05) is 55.8 Å². The molecule has 31 heavy (non-hydrogen) atoms. The van der Waals surface area contributed by atoms with Crippen molar-refractivity contribution in [2.75, 3.05) is 18.0 Å². The van der Waals surface area contributed by atoms with E-state index in [0.29, 0.717) is 0 Å². The van der Waals surface area contributed by atoms with Crippen molar-refractivity contribution in [3.63, 3.8) is 0 Å². The zero-order chi connectivity index (χ0) is 21.2. The zero-order valence-electron chi connectivity index (χ0n) is 17.3. The number of nitrogens with zero attached hydrogens (tertiary/aromatic N) is 6. The molecule has 5 heterocycles. The monoisotopic (exact) mass is 413 g/mol. The van der Waals surface area contributed by atoms with Gasteiger partial charge in [0.05, 0.1) is 17.6 Å². The number of amides is 1. The third-order valence-electron chi connectivity index (χ3n) is 5.59. The van der Waals surface area contributed by atoms with Gasteiger partial charge in [-0.15, -0.1) is 0 Å². The number of hydrogen-bond acceptors (Lipinski definition) is 6. The SMILES string of the molecule is CC(=O)NC1CCN(c2cc(-c3cnc4ccc(-c5cccnc5)nn34)ccn2)CC1. The molecule has 0 radical (unpaired) electrons. The number of hydrogen-bond donors (Lipinski definition) is 1. The van der Waals surface area contributed by atoms with Crippen LogP contribution in [0.3, 0.4) is 0 Å². The van der Waals surface area contributed by atoms with Gasteiger partial charge in [-0.25, -0.2) is 14.5 Å². The van der Waals surface area contributed by atoms with Gasteiger partial charge in [-0.3, -0.25) is 9.78 Å². The molecular weight excluding hydrogens is 390 g/mol. The van der Waals surface area contributed by atoms with Crippen molar-refractivity contribution in [2.24, 2.45) is 0 Å². The number of pyridine rings is 2. The average Bonchev–Trinajstić information content (AvgIpc) is 3.23. The quantitative estimate of drug-likeness (QED) is 0.553. The van der Waals surface area contributed by atoms with Gasteiger partial charge >= 0.3 is 0 Å². The Bertz CT molecular complexity index is 1210. The van der Waals surface area contributed by atoms with Gasteiger partial charge in [-0.1, -0.05) is 0 Å². The molecule has 0 aliphatic carbocycles. The Balaban J connectivity index is 1.43. The lowest BCUT2D eigenvalue weighted by Crippen LogP contribution is -2.44. The molecule has 1 N–H and O–H groups in total. The van der Waals surface area contributed by atoms with Crippen molar-refractivity contribution in [3.05, 3.63) is 61.2 Å². The number of imidazole rings is 1. The summed E-state index contributed by atoms with van der Waals surface area (Å²) in [6, 6.07) is 12.1. The lowest BCUT2D eigenvalue weighted by Gasteiger charge is -2.33. The molecule has 4 aromatic rings. The second-order valence-corrected chi connectivity index (χ2v) is 7.74. The van der Waals surface area contributed by atoms with Gasteiger partial charge in [-0.05, 0) is 49.2 Å². The maximum atomic E-state index is 11.3. The number of fused-ring (bicyclic) bond motifs is 1. The lowest BCUT2D eigenvalue weighted by molar-refractivity contribution is -0.119. The molecule has 1 saturated heterocycles. The van der Waals surface area contributed by atoms with E-state index in [2.05, 4.69) is 31.2 Å². The maximum absolute atomic E-state index is 11.3. The van der Waals surface area contributed by atoms with Gasteiger partial charge in [0.15, 0.2) is 5.65 Å². The smallest absolute Gasteiger partial charge is 0.217 e. The number of carbonyl (C=O) groups excluding carboxylic acids is 1. The minimum absolute atomic E-state index is 0.0318. The van der Waals surface area contributed by atoms with E-state index in [1.165, 1.54) is 0 Å². The minimum atomic E-state index is 0.0318. The number of anilines is 1. The van der Waals surface area contributed by atoms with Crippen molar-refractivity contribution >= 4 is 17.4 Å². The molecule has 0 atom stereocenters. The first kappa shape index (κ1) is 19.2. The van der Waals surface area contributed by atoms with Crippen LogP contribution in [0, 0.1) is 0 Å². The fourth-order valence-corrected chi connectivity index (χ4v) is 4.03. The van der Waals surface area contributed by atoms with Crippen LogP contribution in [0.4, 0.5) is 5.82 Å². The van der Waals surface area contributed by atoms with E-state index in [-0.39, 0.29) is 11.9 Å². The van der Waals surface area contributed by atoms with Gasteiger partial charge in [0.25, 0.3) is 0 Å². The Hall–Kier alpha value is -3.81. The third kappa shape index (κ3) is 3.96. The molecule has 0 saturated carbocycles. The second kappa shape index (κ2) is 8.14. The molecule has 1 aliphatic heterocycles. The van der Waals surface area contributed by atoms with E-state index < -0.39 is 0 Å². The molecule has 0 aromatic carbocycles. The largest absolute Gasteiger partial charge is 0.356 e. The first-order valence-electron chi connectivity index (χ1n) is 10.4. The van der Waals surface area contributed by atoms with Crippen LogP contribution in [0.1, 0.15) is 19.8 Å². The van der Waals surface area contributed by atoms with E-state index in [4.69, 9.17) is 5.10 Å². The molecule has 156 valence electrons. The normalized spacial score (nSPS) is 14.7. The second-order valence-electron chi connectivity index (χ2n) is 7.74. The van der Waals surface area contributed by atoms with E-state index in [9.17, 15) is 4.79 Å². The average molecular weight is 413 g/mol. The summed E-state index contributed by atoms with van der Waals surface area (Å²) in [7, 11) is 0. The topological polar surface area (TPSA) is 88.3 Å². The van der Waals surface area contributed by atoms with E-state index in [1.807, 2.05) is 47.2 Å². The number of piperidine rings is 1. The molecule has 0 bridgehead atoms. The van der Waals surface area contributed by atoms with Gasteiger partial charge in [-0.2, -0.15) is 5.10 Å². The molecule has 8 heteroatoms. The van der Waals surface area contributed by atoms with Crippen LogP contribution in [-0.2, 0) is 4.79 Å². The fourth-order valence-electron chi connectivity index (χ4n) is 4.03. The highest BCUT2D eigenvalue weighted by Gasteiger charge is 2.21.